The van der Waals surface area contributed by atoms with E-state index in [0.29, 0.717) is 24.6 Å². The number of amides is 1. The van der Waals surface area contributed by atoms with Gasteiger partial charge in [-0.15, -0.1) is 0 Å². The Labute approximate surface area is 121 Å². The van der Waals surface area contributed by atoms with E-state index < -0.39 is 5.60 Å². The van der Waals surface area contributed by atoms with Gasteiger partial charge in [-0.25, -0.2) is 0 Å². The minimum absolute atomic E-state index is 0.136. The number of hydrogen-bond acceptors (Lipinski definition) is 4. The molecule has 0 saturated carbocycles. The summed E-state index contributed by atoms with van der Waals surface area (Å²) < 4.78 is 0. The first kappa shape index (κ1) is 16.4. The summed E-state index contributed by atoms with van der Waals surface area (Å²) in [5, 5.41) is 13.4. The van der Waals surface area contributed by atoms with Crippen LogP contribution in [0.1, 0.15) is 37.7 Å². The predicted molar refractivity (Wildman–Crippen MR) is 80.8 cm³/mol. The van der Waals surface area contributed by atoms with Crippen molar-refractivity contribution in [2.24, 2.45) is 5.92 Å². The molecule has 0 aliphatic carbocycles. The molecule has 5 nitrogen and oxygen atoms in total. The van der Waals surface area contributed by atoms with Crippen LogP contribution >= 0.6 is 0 Å². The summed E-state index contributed by atoms with van der Waals surface area (Å²) in [5.41, 5.74) is 0.404. The largest absolute Gasteiger partial charge is 0.388 e. The highest BCUT2D eigenvalue weighted by Gasteiger charge is 2.21. The minimum atomic E-state index is -0.775. The molecule has 1 atom stereocenters. The second kappa shape index (κ2) is 6.70. The maximum atomic E-state index is 11.8. The number of anilines is 1. The van der Waals surface area contributed by atoms with Crippen LogP contribution in [0.3, 0.4) is 0 Å². The fraction of sp³-hybridized carbons (Fsp3) is 0.600. The summed E-state index contributed by atoms with van der Waals surface area (Å²) in [5.74, 6) is 0.290. The van der Waals surface area contributed by atoms with E-state index in [1.54, 1.807) is 32.4 Å². The molecule has 0 spiro atoms. The van der Waals surface area contributed by atoms with Crippen molar-refractivity contribution in [3.63, 3.8) is 0 Å². The predicted octanol–water partition coefficient (Wildman–Crippen LogP) is 1.99. The Balaban J connectivity index is 2.70. The van der Waals surface area contributed by atoms with Gasteiger partial charge in [-0.1, -0.05) is 13.8 Å². The van der Waals surface area contributed by atoms with Gasteiger partial charge >= 0.3 is 0 Å². The summed E-state index contributed by atoms with van der Waals surface area (Å²) in [6.07, 6.45) is 2.31. The van der Waals surface area contributed by atoms with E-state index in [-0.39, 0.29) is 5.91 Å². The first-order valence-corrected chi connectivity index (χ1v) is 6.85. The Morgan fingerprint density at radius 3 is 2.70 bits per heavy atom. The molecule has 1 heterocycles. The molecule has 1 rings (SSSR count). The number of aromatic nitrogens is 1. The second-order valence-corrected chi connectivity index (χ2v) is 6.08. The van der Waals surface area contributed by atoms with Crippen molar-refractivity contribution in [1.82, 2.24) is 9.88 Å². The molecule has 1 aromatic rings. The Hall–Kier alpha value is -1.62. The molecule has 1 amide bonds. The zero-order valence-corrected chi connectivity index (χ0v) is 13.0. The van der Waals surface area contributed by atoms with Crippen LogP contribution in [0.4, 0.5) is 5.69 Å². The van der Waals surface area contributed by atoms with Gasteiger partial charge in [0.1, 0.15) is 5.69 Å². The first-order chi connectivity index (χ1) is 9.21. The van der Waals surface area contributed by atoms with Gasteiger partial charge in [0.15, 0.2) is 0 Å². The Morgan fingerprint density at radius 1 is 1.50 bits per heavy atom. The number of carbonyl (C=O) groups is 1. The highest BCUT2D eigenvalue weighted by Crippen LogP contribution is 2.18. The van der Waals surface area contributed by atoms with Gasteiger partial charge in [0.25, 0.3) is 5.91 Å². The number of aliphatic hydroxyl groups is 1. The first-order valence-electron chi connectivity index (χ1n) is 6.85. The van der Waals surface area contributed by atoms with Crippen molar-refractivity contribution in [3.05, 3.63) is 24.0 Å². The highest BCUT2D eigenvalue weighted by molar-refractivity contribution is 5.92. The molecule has 0 fully saturated rings. The van der Waals surface area contributed by atoms with Crippen LogP contribution < -0.4 is 5.32 Å². The van der Waals surface area contributed by atoms with Crippen LogP contribution in [0, 0.1) is 5.92 Å². The minimum Gasteiger partial charge on any atom is -0.388 e. The summed E-state index contributed by atoms with van der Waals surface area (Å²) in [7, 11) is 3.38. The van der Waals surface area contributed by atoms with Crippen LogP contribution in [0.2, 0.25) is 0 Å². The van der Waals surface area contributed by atoms with E-state index in [4.69, 9.17) is 0 Å². The standard InChI is InChI=1S/C15H25N3O2/c1-11(2)9-15(3,20)10-17-12-6-7-16-13(8-12)14(19)18(4)5/h6-8,11,20H,9-10H2,1-5H3,(H,16,17). The molecule has 0 saturated heterocycles. The Morgan fingerprint density at radius 2 is 2.15 bits per heavy atom. The van der Waals surface area contributed by atoms with Gasteiger partial charge in [0.2, 0.25) is 0 Å². The lowest BCUT2D eigenvalue weighted by atomic mass is 9.94. The normalized spacial score (nSPS) is 13.9. The van der Waals surface area contributed by atoms with Gasteiger partial charge < -0.3 is 15.3 Å². The number of rotatable bonds is 6. The lowest BCUT2D eigenvalue weighted by Crippen LogP contribution is -2.35. The number of nitrogens with zero attached hydrogens (tertiary/aromatic N) is 2. The van der Waals surface area contributed by atoms with E-state index in [9.17, 15) is 9.90 Å². The van der Waals surface area contributed by atoms with Crippen LogP contribution in [-0.2, 0) is 0 Å². The summed E-state index contributed by atoms with van der Waals surface area (Å²) in [6.45, 7) is 6.40. The summed E-state index contributed by atoms with van der Waals surface area (Å²) >= 11 is 0. The molecule has 0 radical (unpaired) electrons. The van der Waals surface area contributed by atoms with Crippen molar-refractivity contribution in [2.45, 2.75) is 32.8 Å². The number of hydrogen-bond donors (Lipinski definition) is 2. The lowest BCUT2D eigenvalue weighted by molar-refractivity contribution is 0.0515. The zero-order valence-electron chi connectivity index (χ0n) is 13.0. The summed E-state index contributed by atoms with van der Waals surface area (Å²) in [4.78, 5) is 17.4. The Bertz CT molecular complexity index is 456. The molecule has 0 aromatic carbocycles. The van der Waals surface area contributed by atoms with E-state index in [1.165, 1.54) is 4.90 Å². The number of nitrogens with one attached hydrogen (secondary N) is 1. The van der Waals surface area contributed by atoms with Crippen LogP contribution in [0.25, 0.3) is 0 Å². The monoisotopic (exact) mass is 279 g/mol. The maximum Gasteiger partial charge on any atom is 0.272 e. The third kappa shape index (κ3) is 5.17. The third-order valence-electron chi connectivity index (χ3n) is 2.91. The van der Waals surface area contributed by atoms with Crippen molar-refractivity contribution >= 4 is 11.6 Å². The lowest BCUT2D eigenvalue weighted by Gasteiger charge is -2.26. The van der Waals surface area contributed by atoms with Crippen molar-refractivity contribution < 1.29 is 9.90 Å². The van der Waals surface area contributed by atoms with Crippen LogP contribution in [0.15, 0.2) is 18.3 Å². The molecule has 1 aromatic heterocycles. The van der Waals surface area contributed by atoms with Gasteiger partial charge in [0, 0.05) is 32.5 Å². The molecule has 1 unspecified atom stereocenters. The van der Waals surface area contributed by atoms with Crippen molar-refractivity contribution in [2.75, 3.05) is 26.0 Å². The topological polar surface area (TPSA) is 65.5 Å². The molecule has 2 N–H and O–H groups in total. The number of pyridine rings is 1. The van der Waals surface area contributed by atoms with E-state index in [1.807, 2.05) is 6.92 Å². The highest BCUT2D eigenvalue weighted by atomic mass is 16.3. The van der Waals surface area contributed by atoms with Gasteiger partial charge in [0.05, 0.1) is 5.60 Å². The van der Waals surface area contributed by atoms with Crippen LogP contribution in [0.5, 0.6) is 0 Å². The maximum absolute atomic E-state index is 11.8. The molecule has 0 aliphatic rings. The van der Waals surface area contributed by atoms with Gasteiger partial charge in [-0.3, -0.25) is 9.78 Å². The molecule has 0 bridgehead atoms. The summed E-state index contributed by atoms with van der Waals surface area (Å²) in [6, 6.07) is 3.49. The molecule has 5 heteroatoms. The SMILES string of the molecule is CC(C)CC(C)(O)CNc1ccnc(C(=O)N(C)C)c1. The quantitative estimate of drug-likeness (QED) is 0.836. The molecular weight excluding hydrogens is 254 g/mol. The smallest absolute Gasteiger partial charge is 0.272 e. The molecule has 0 aliphatic heterocycles. The van der Waals surface area contributed by atoms with Crippen molar-refractivity contribution in [1.29, 1.82) is 0 Å². The molecular formula is C15H25N3O2. The zero-order chi connectivity index (χ0) is 15.3. The van der Waals surface area contributed by atoms with E-state index in [2.05, 4.69) is 24.1 Å². The third-order valence-corrected chi connectivity index (χ3v) is 2.91. The van der Waals surface area contributed by atoms with Gasteiger partial charge in [-0.05, 0) is 31.4 Å². The molecule has 20 heavy (non-hydrogen) atoms. The number of carbonyl (C=O) groups excluding carboxylic acids is 1. The van der Waals surface area contributed by atoms with E-state index in [0.717, 1.165) is 5.69 Å². The van der Waals surface area contributed by atoms with Crippen LogP contribution in [-0.4, -0.2) is 47.1 Å². The Kier molecular flexibility index (Phi) is 5.51. The average molecular weight is 279 g/mol. The fourth-order valence-electron chi connectivity index (χ4n) is 2.13. The van der Waals surface area contributed by atoms with Crippen molar-refractivity contribution in [3.8, 4) is 0 Å². The fourth-order valence-corrected chi connectivity index (χ4v) is 2.13. The second-order valence-electron chi connectivity index (χ2n) is 6.08. The van der Waals surface area contributed by atoms with E-state index >= 15 is 0 Å². The van der Waals surface area contributed by atoms with Gasteiger partial charge in [-0.2, -0.15) is 0 Å². The average Bonchev–Trinajstić information content (AvgIpc) is 2.34. The molecule has 112 valence electrons.